The molecule has 7 nitrogen and oxygen atoms in total. The number of pyridine rings is 1. The normalized spacial score (nSPS) is 24.3. The maximum absolute atomic E-state index is 12.2. The average molecular weight is 374 g/mol. The van der Waals surface area contributed by atoms with Crippen molar-refractivity contribution in [1.82, 2.24) is 25.4 Å². The van der Waals surface area contributed by atoms with E-state index in [4.69, 9.17) is 0 Å². The number of hydrogen-bond acceptors (Lipinski definition) is 5. The predicted octanol–water partition coefficient (Wildman–Crippen LogP) is 1.60. The fraction of sp³-hybridized carbons (Fsp3) is 0.650. The van der Waals surface area contributed by atoms with Crippen molar-refractivity contribution >= 4 is 11.9 Å². The van der Waals surface area contributed by atoms with Crippen molar-refractivity contribution in [3.8, 4) is 0 Å². The number of hydrogen-bond donors (Lipinski definition) is 2. The van der Waals surface area contributed by atoms with Crippen LogP contribution >= 0.6 is 0 Å². The molecule has 1 saturated heterocycles. The maximum atomic E-state index is 12.2. The zero-order valence-corrected chi connectivity index (χ0v) is 16.2. The van der Waals surface area contributed by atoms with Gasteiger partial charge in [-0.05, 0) is 30.9 Å². The van der Waals surface area contributed by atoms with Crippen molar-refractivity contribution in [3.05, 3.63) is 30.1 Å². The molecule has 1 saturated carbocycles. The molecule has 1 aliphatic carbocycles. The minimum atomic E-state index is -0.354. The van der Waals surface area contributed by atoms with Gasteiger partial charge >= 0.3 is 6.03 Å². The Balaban J connectivity index is 1.34. The van der Waals surface area contributed by atoms with E-state index in [0.717, 1.165) is 57.7 Å². The molecular weight excluding hydrogens is 342 g/mol. The third-order valence-electron chi connectivity index (χ3n) is 5.62. The van der Waals surface area contributed by atoms with Gasteiger partial charge in [-0.1, -0.05) is 25.8 Å². The maximum Gasteiger partial charge on any atom is 0.321 e. The molecule has 3 rings (SSSR count). The van der Waals surface area contributed by atoms with Gasteiger partial charge in [0, 0.05) is 45.0 Å². The van der Waals surface area contributed by atoms with Gasteiger partial charge in [-0.3, -0.25) is 24.9 Å². The number of carbonyl (C=O) groups is 2. The molecular formula is C20H31N5O2. The van der Waals surface area contributed by atoms with Crippen LogP contribution in [0.3, 0.4) is 0 Å². The highest BCUT2D eigenvalue weighted by Crippen LogP contribution is 2.23. The smallest absolute Gasteiger partial charge is 0.321 e. The largest absolute Gasteiger partial charge is 0.335 e. The molecule has 2 atom stereocenters. The van der Waals surface area contributed by atoms with E-state index in [1.165, 1.54) is 6.42 Å². The number of rotatable bonds is 5. The van der Waals surface area contributed by atoms with E-state index in [0.29, 0.717) is 5.92 Å². The second kappa shape index (κ2) is 9.80. The molecule has 0 spiro atoms. The number of nitrogens with one attached hydrogen (secondary N) is 2. The Bertz CT molecular complexity index is 616. The van der Waals surface area contributed by atoms with Crippen LogP contribution in [0.25, 0.3) is 0 Å². The molecule has 2 unspecified atom stereocenters. The summed E-state index contributed by atoms with van der Waals surface area (Å²) in [5.74, 6) is 0.251. The SMILES string of the molecule is CC1CCCCC1NC(=O)NC(=O)CN1CCN(Cc2ccccn2)CC1. The summed E-state index contributed by atoms with van der Waals surface area (Å²) in [6.07, 6.45) is 6.33. The summed E-state index contributed by atoms with van der Waals surface area (Å²) < 4.78 is 0. The number of aromatic nitrogens is 1. The number of amides is 3. The van der Waals surface area contributed by atoms with Crippen molar-refractivity contribution < 1.29 is 9.59 Å². The molecule has 27 heavy (non-hydrogen) atoms. The summed E-state index contributed by atoms with van der Waals surface area (Å²) in [4.78, 5) is 33.1. The molecule has 1 aliphatic heterocycles. The van der Waals surface area contributed by atoms with E-state index in [2.05, 4.69) is 32.3 Å². The monoisotopic (exact) mass is 373 g/mol. The minimum Gasteiger partial charge on any atom is -0.335 e. The van der Waals surface area contributed by atoms with Gasteiger partial charge in [0.2, 0.25) is 5.91 Å². The third-order valence-corrected chi connectivity index (χ3v) is 5.62. The lowest BCUT2D eigenvalue weighted by atomic mass is 9.86. The summed E-state index contributed by atoms with van der Waals surface area (Å²) in [6.45, 7) is 6.71. The van der Waals surface area contributed by atoms with Gasteiger partial charge in [-0.25, -0.2) is 4.79 Å². The molecule has 2 N–H and O–H groups in total. The Morgan fingerprint density at radius 2 is 1.85 bits per heavy atom. The highest BCUT2D eigenvalue weighted by molar-refractivity contribution is 5.95. The Kier molecular flexibility index (Phi) is 7.18. The fourth-order valence-electron chi connectivity index (χ4n) is 3.93. The Morgan fingerprint density at radius 3 is 2.56 bits per heavy atom. The summed E-state index contributed by atoms with van der Waals surface area (Å²) in [7, 11) is 0. The lowest BCUT2D eigenvalue weighted by molar-refractivity contribution is -0.121. The van der Waals surface area contributed by atoms with Crippen LogP contribution in [0, 0.1) is 5.92 Å². The van der Waals surface area contributed by atoms with E-state index in [1.807, 2.05) is 24.4 Å². The average Bonchev–Trinajstić information content (AvgIpc) is 2.66. The Morgan fingerprint density at radius 1 is 1.11 bits per heavy atom. The quantitative estimate of drug-likeness (QED) is 0.820. The molecule has 7 heteroatoms. The van der Waals surface area contributed by atoms with Crippen molar-refractivity contribution in [2.45, 2.75) is 45.2 Å². The molecule has 2 heterocycles. The van der Waals surface area contributed by atoms with Crippen LogP contribution in [0.5, 0.6) is 0 Å². The van der Waals surface area contributed by atoms with E-state index < -0.39 is 0 Å². The number of nitrogens with zero attached hydrogens (tertiary/aromatic N) is 3. The molecule has 1 aromatic heterocycles. The van der Waals surface area contributed by atoms with Gasteiger partial charge in [-0.15, -0.1) is 0 Å². The van der Waals surface area contributed by atoms with Gasteiger partial charge in [-0.2, -0.15) is 0 Å². The van der Waals surface area contributed by atoms with Crippen LogP contribution < -0.4 is 10.6 Å². The van der Waals surface area contributed by atoms with Crippen LogP contribution in [-0.2, 0) is 11.3 Å². The molecule has 0 aromatic carbocycles. The standard InChI is InChI=1S/C20H31N5O2/c1-16-6-2-3-8-18(16)22-20(27)23-19(26)15-25-12-10-24(11-13-25)14-17-7-4-5-9-21-17/h4-5,7,9,16,18H,2-3,6,8,10-15H2,1H3,(H2,22,23,26,27). The molecule has 0 radical (unpaired) electrons. The molecule has 0 bridgehead atoms. The van der Waals surface area contributed by atoms with E-state index >= 15 is 0 Å². The van der Waals surface area contributed by atoms with E-state index in [1.54, 1.807) is 0 Å². The van der Waals surface area contributed by atoms with Gasteiger partial charge in [0.25, 0.3) is 0 Å². The predicted molar refractivity (Wildman–Crippen MR) is 104 cm³/mol. The lowest BCUT2D eigenvalue weighted by Gasteiger charge is -2.34. The Hall–Kier alpha value is -1.99. The summed E-state index contributed by atoms with van der Waals surface area (Å²) in [5, 5.41) is 5.46. The van der Waals surface area contributed by atoms with Crippen molar-refractivity contribution in [1.29, 1.82) is 0 Å². The Labute approximate surface area is 161 Å². The zero-order chi connectivity index (χ0) is 19.1. The van der Waals surface area contributed by atoms with Crippen LogP contribution in [0.15, 0.2) is 24.4 Å². The first-order chi connectivity index (χ1) is 13.1. The molecule has 2 fully saturated rings. The van der Waals surface area contributed by atoms with Crippen molar-refractivity contribution in [2.24, 2.45) is 5.92 Å². The van der Waals surface area contributed by atoms with Gasteiger partial charge < -0.3 is 5.32 Å². The molecule has 1 aromatic rings. The number of urea groups is 1. The van der Waals surface area contributed by atoms with Crippen LogP contribution in [-0.4, -0.2) is 65.5 Å². The van der Waals surface area contributed by atoms with Gasteiger partial charge in [0.1, 0.15) is 0 Å². The first-order valence-corrected chi connectivity index (χ1v) is 10.0. The van der Waals surface area contributed by atoms with Crippen LogP contribution in [0.2, 0.25) is 0 Å². The number of imide groups is 1. The molecule has 2 aliphatic rings. The van der Waals surface area contributed by atoms with Crippen LogP contribution in [0.4, 0.5) is 4.79 Å². The summed E-state index contributed by atoms with van der Waals surface area (Å²) >= 11 is 0. The summed E-state index contributed by atoms with van der Waals surface area (Å²) in [6, 6.07) is 5.79. The number of piperazine rings is 1. The van der Waals surface area contributed by atoms with Crippen LogP contribution in [0.1, 0.15) is 38.3 Å². The fourth-order valence-corrected chi connectivity index (χ4v) is 3.93. The van der Waals surface area contributed by atoms with Gasteiger partial charge in [0.05, 0.1) is 12.2 Å². The topological polar surface area (TPSA) is 77.6 Å². The molecule has 3 amide bonds. The minimum absolute atomic E-state index is 0.182. The highest BCUT2D eigenvalue weighted by atomic mass is 16.2. The highest BCUT2D eigenvalue weighted by Gasteiger charge is 2.24. The zero-order valence-electron chi connectivity index (χ0n) is 16.2. The van der Waals surface area contributed by atoms with E-state index in [-0.39, 0.29) is 24.5 Å². The summed E-state index contributed by atoms with van der Waals surface area (Å²) in [5.41, 5.74) is 1.07. The third kappa shape index (κ3) is 6.29. The first kappa shape index (κ1) is 19.8. The van der Waals surface area contributed by atoms with Gasteiger partial charge in [0.15, 0.2) is 0 Å². The van der Waals surface area contributed by atoms with Crippen molar-refractivity contribution in [3.63, 3.8) is 0 Å². The number of carbonyl (C=O) groups excluding carboxylic acids is 2. The van der Waals surface area contributed by atoms with Crippen molar-refractivity contribution in [2.75, 3.05) is 32.7 Å². The first-order valence-electron chi connectivity index (χ1n) is 10.0. The lowest BCUT2D eigenvalue weighted by Crippen LogP contribution is -2.52. The van der Waals surface area contributed by atoms with E-state index in [9.17, 15) is 9.59 Å². The second-order valence-corrected chi connectivity index (χ2v) is 7.76. The second-order valence-electron chi connectivity index (χ2n) is 7.76. The molecule has 148 valence electrons.